The lowest BCUT2D eigenvalue weighted by Gasteiger charge is -2.34. The van der Waals surface area contributed by atoms with Crippen LogP contribution in [0.3, 0.4) is 0 Å². The third-order valence-corrected chi connectivity index (χ3v) is 7.97. The van der Waals surface area contributed by atoms with Gasteiger partial charge in [0.2, 0.25) is 5.91 Å². The van der Waals surface area contributed by atoms with Gasteiger partial charge in [-0.25, -0.2) is 0 Å². The summed E-state index contributed by atoms with van der Waals surface area (Å²) in [7, 11) is 0. The summed E-state index contributed by atoms with van der Waals surface area (Å²) in [5.41, 5.74) is 3.49. The molecule has 1 saturated carbocycles. The maximum Gasteiger partial charge on any atom is 0.230 e. The largest absolute Gasteiger partial charge is 0.352 e. The molecule has 0 bridgehead atoms. The lowest BCUT2D eigenvalue weighted by Crippen LogP contribution is -2.44. The van der Waals surface area contributed by atoms with Crippen LogP contribution in [0.4, 0.5) is 0 Å². The number of carbonyl (C=O) groups is 1. The maximum atomic E-state index is 12.7. The van der Waals surface area contributed by atoms with Gasteiger partial charge >= 0.3 is 0 Å². The molecule has 0 spiro atoms. The number of nitrogens with one attached hydrogen (secondary N) is 1. The zero-order valence-electron chi connectivity index (χ0n) is 16.8. The molecule has 1 aromatic heterocycles. The fraction of sp³-hybridized carbons (Fsp3) is 0.565. The second kappa shape index (κ2) is 8.62. The second-order valence-corrected chi connectivity index (χ2v) is 9.89. The summed E-state index contributed by atoms with van der Waals surface area (Å²) in [4.78, 5) is 18.8. The third-order valence-electron chi connectivity index (χ3n) is 6.57. The summed E-state index contributed by atoms with van der Waals surface area (Å²) in [6.45, 7) is 4.58. The van der Waals surface area contributed by atoms with Crippen molar-refractivity contribution in [1.82, 2.24) is 10.3 Å². The number of thioether (sulfide) groups is 1. The fourth-order valence-electron chi connectivity index (χ4n) is 4.69. The zero-order valence-corrected chi connectivity index (χ0v) is 18.3. The Hall–Kier alpha value is -1.26. The van der Waals surface area contributed by atoms with Gasteiger partial charge in [-0.15, -0.1) is 11.8 Å². The number of rotatable bonds is 4. The van der Waals surface area contributed by atoms with Crippen molar-refractivity contribution in [2.24, 2.45) is 11.8 Å². The number of fused-ring (bicyclic) bond motifs is 2. The zero-order chi connectivity index (χ0) is 19.7. The molecule has 1 amide bonds. The highest BCUT2D eigenvalue weighted by atomic mass is 35.5. The average molecular weight is 417 g/mol. The van der Waals surface area contributed by atoms with E-state index in [0.717, 1.165) is 30.2 Å². The lowest BCUT2D eigenvalue weighted by atomic mass is 9.78. The van der Waals surface area contributed by atoms with Crippen LogP contribution in [-0.2, 0) is 17.6 Å². The van der Waals surface area contributed by atoms with Gasteiger partial charge < -0.3 is 5.32 Å². The van der Waals surface area contributed by atoms with Crippen molar-refractivity contribution in [3.8, 4) is 0 Å². The van der Waals surface area contributed by atoms with Crippen LogP contribution in [0, 0.1) is 11.8 Å². The highest BCUT2D eigenvalue weighted by molar-refractivity contribution is 8.00. The quantitative estimate of drug-likeness (QED) is 0.640. The lowest BCUT2D eigenvalue weighted by molar-refractivity contribution is -0.119. The van der Waals surface area contributed by atoms with E-state index in [9.17, 15) is 4.79 Å². The van der Waals surface area contributed by atoms with E-state index in [0.29, 0.717) is 28.7 Å². The van der Waals surface area contributed by atoms with Gasteiger partial charge in [-0.2, -0.15) is 0 Å². The molecule has 2 aromatic rings. The first kappa shape index (κ1) is 20.0. The highest BCUT2D eigenvalue weighted by Crippen LogP contribution is 2.37. The van der Waals surface area contributed by atoms with Gasteiger partial charge in [-0.1, -0.05) is 44.4 Å². The number of halogens is 1. The standard InChI is InChI=1S/C23H29ClN2OS/c1-14-6-5-9-19(15(14)2)26-22(27)13-28-23-17-7-3-4-8-20(17)25-21-12-16(24)10-11-18(21)23/h10-12,14-15,19H,3-9,13H2,1-2H3,(H,26,27)/t14-,15-,19+/m1/s1. The van der Waals surface area contributed by atoms with E-state index in [1.807, 2.05) is 12.1 Å². The summed E-state index contributed by atoms with van der Waals surface area (Å²) in [6, 6.07) is 6.25. The van der Waals surface area contributed by atoms with Crippen LogP contribution < -0.4 is 5.32 Å². The van der Waals surface area contributed by atoms with Crippen LogP contribution in [0.1, 0.15) is 57.2 Å². The summed E-state index contributed by atoms with van der Waals surface area (Å²) >= 11 is 7.88. The Morgan fingerprint density at radius 3 is 2.89 bits per heavy atom. The molecular weight excluding hydrogens is 388 g/mol. The predicted octanol–water partition coefficient (Wildman–Crippen LogP) is 5.80. The summed E-state index contributed by atoms with van der Waals surface area (Å²) in [5, 5.41) is 5.15. The number of carbonyl (C=O) groups excluding carboxylic acids is 1. The van der Waals surface area contributed by atoms with Crippen LogP contribution in [0.25, 0.3) is 10.9 Å². The van der Waals surface area contributed by atoms with E-state index in [1.165, 1.54) is 41.8 Å². The Labute approximate surface area is 177 Å². The number of nitrogens with zero attached hydrogens (tertiary/aromatic N) is 1. The fourth-order valence-corrected chi connectivity index (χ4v) is 5.94. The molecular formula is C23H29ClN2OS. The van der Waals surface area contributed by atoms with Gasteiger partial charge in [0.05, 0.1) is 11.3 Å². The molecule has 3 atom stereocenters. The number of aryl methyl sites for hydroxylation is 1. The van der Waals surface area contributed by atoms with Crippen LogP contribution in [0.5, 0.6) is 0 Å². The molecule has 5 heteroatoms. The van der Waals surface area contributed by atoms with Gasteiger partial charge in [0.15, 0.2) is 0 Å². The van der Waals surface area contributed by atoms with Crippen LogP contribution in [-0.4, -0.2) is 22.7 Å². The first-order valence-electron chi connectivity index (χ1n) is 10.6. The molecule has 150 valence electrons. The molecule has 1 fully saturated rings. The molecule has 4 rings (SSSR count). The molecule has 2 aliphatic carbocycles. The predicted molar refractivity (Wildman–Crippen MR) is 118 cm³/mol. The van der Waals surface area contributed by atoms with Crippen molar-refractivity contribution in [3.05, 3.63) is 34.5 Å². The van der Waals surface area contributed by atoms with Crippen LogP contribution in [0.15, 0.2) is 23.1 Å². The Bertz CT molecular complexity index is 885. The van der Waals surface area contributed by atoms with Crippen LogP contribution in [0.2, 0.25) is 5.02 Å². The number of pyridine rings is 1. The Morgan fingerprint density at radius 2 is 2.04 bits per heavy atom. The van der Waals surface area contributed by atoms with E-state index >= 15 is 0 Å². The van der Waals surface area contributed by atoms with E-state index in [1.54, 1.807) is 11.8 Å². The Balaban J connectivity index is 1.53. The van der Waals surface area contributed by atoms with Crippen LogP contribution >= 0.6 is 23.4 Å². The Morgan fingerprint density at radius 1 is 1.21 bits per heavy atom. The number of hydrogen-bond acceptors (Lipinski definition) is 3. The third kappa shape index (κ3) is 4.18. The maximum absolute atomic E-state index is 12.7. The average Bonchev–Trinajstić information content (AvgIpc) is 2.68. The smallest absolute Gasteiger partial charge is 0.230 e. The molecule has 0 unspecified atom stereocenters. The van der Waals surface area contributed by atoms with E-state index in [2.05, 4.69) is 25.2 Å². The number of benzene rings is 1. The second-order valence-electron chi connectivity index (χ2n) is 8.46. The van der Waals surface area contributed by atoms with Gasteiger partial charge in [0, 0.05) is 27.0 Å². The Kier molecular flexibility index (Phi) is 6.17. The molecule has 0 saturated heterocycles. The topological polar surface area (TPSA) is 42.0 Å². The summed E-state index contributed by atoms with van der Waals surface area (Å²) in [5.74, 6) is 1.86. The molecule has 0 radical (unpaired) electrons. The van der Waals surface area contributed by atoms with Crippen molar-refractivity contribution in [1.29, 1.82) is 0 Å². The molecule has 0 aliphatic heterocycles. The molecule has 1 heterocycles. The molecule has 2 aliphatic rings. The van der Waals surface area contributed by atoms with Crippen molar-refractivity contribution in [2.75, 3.05) is 5.75 Å². The summed E-state index contributed by atoms with van der Waals surface area (Å²) < 4.78 is 0. The molecule has 28 heavy (non-hydrogen) atoms. The van der Waals surface area contributed by atoms with Crippen molar-refractivity contribution in [2.45, 2.75) is 69.7 Å². The van der Waals surface area contributed by atoms with Crippen molar-refractivity contribution < 1.29 is 4.79 Å². The van der Waals surface area contributed by atoms with Gasteiger partial charge in [0.25, 0.3) is 0 Å². The van der Waals surface area contributed by atoms with E-state index in [-0.39, 0.29) is 5.91 Å². The minimum absolute atomic E-state index is 0.152. The van der Waals surface area contributed by atoms with Crippen molar-refractivity contribution >= 4 is 40.2 Å². The highest BCUT2D eigenvalue weighted by Gasteiger charge is 2.28. The first-order valence-corrected chi connectivity index (χ1v) is 11.9. The first-order chi connectivity index (χ1) is 13.5. The number of aromatic nitrogens is 1. The minimum atomic E-state index is 0.152. The normalized spacial score (nSPS) is 24.8. The van der Waals surface area contributed by atoms with Gasteiger partial charge in [-0.05, 0) is 61.6 Å². The molecule has 3 nitrogen and oxygen atoms in total. The van der Waals surface area contributed by atoms with Crippen molar-refractivity contribution in [3.63, 3.8) is 0 Å². The SMILES string of the molecule is C[C@@H]1[C@H](C)CCC[C@@H]1NC(=O)CSc1c2c(nc3cc(Cl)ccc13)CCCC2. The van der Waals surface area contributed by atoms with E-state index < -0.39 is 0 Å². The molecule has 1 N–H and O–H groups in total. The number of hydrogen-bond donors (Lipinski definition) is 1. The number of amides is 1. The van der Waals surface area contributed by atoms with Gasteiger partial charge in [0.1, 0.15) is 0 Å². The minimum Gasteiger partial charge on any atom is -0.352 e. The van der Waals surface area contributed by atoms with Gasteiger partial charge in [-0.3, -0.25) is 9.78 Å². The molecule has 1 aromatic carbocycles. The van der Waals surface area contributed by atoms with E-state index in [4.69, 9.17) is 16.6 Å². The monoisotopic (exact) mass is 416 g/mol. The summed E-state index contributed by atoms with van der Waals surface area (Å²) in [6.07, 6.45) is 8.07.